The van der Waals surface area contributed by atoms with Gasteiger partial charge in [-0.05, 0) is 31.5 Å². The standard InChI is InChI=1S/C15H23NO3/c1-4-5-13-6-7-14(15(10-13)18-3)19-9-8-16-11-12(2)17/h4-7,10,12,16-17H,8-9,11H2,1-3H3/b5-4+/t12-/m0/s1. The van der Waals surface area contributed by atoms with Crippen LogP contribution in [0.15, 0.2) is 24.3 Å². The van der Waals surface area contributed by atoms with Crippen molar-refractivity contribution in [1.82, 2.24) is 5.32 Å². The zero-order valence-electron chi connectivity index (χ0n) is 11.8. The van der Waals surface area contributed by atoms with E-state index in [2.05, 4.69) is 5.32 Å². The molecule has 1 aromatic carbocycles. The molecule has 0 saturated carbocycles. The van der Waals surface area contributed by atoms with Crippen LogP contribution in [0.5, 0.6) is 11.5 Å². The molecule has 0 saturated heterocycles. The molecule has 0 unspecified atom stereocenters. The monoisotopic (exact) mass is 265 g/mol. The minimum Gasteiger partial charge on any atom is -0.493 e. The average Bonchev–Trinajstić information content (AvgIpc) is 2.39. The van der Waals surface area contributed by atoms with Gasteiger partial charge in [-0.15, -0.1) is 0 Å². The fraction of sp³-hybridized carbons (Fsp3) is 0.467. The first-order valence-corrected chi connectivity index (χ1v) is 6.49. The minimum absolute atomic E-state index is 0.338. The summed E-state index contributed by atoms with van der Waals surface area (Å²) in [5.41, 5.74) is 1.08. The van der Waals surface area contributed by atoms with Crippen molar-refractivity contribution in [1.29, 1.82) is 0 Å². The summed E-state index contributed by atoms with van der Waals surface area (Å²) < 4.78 is 11.0. The van der Waals surface area contributed by atoms with E-state index in [1.165, 1.54) is 0 Å². The number of benzene rings is 1. The van der Waals surface area contributed by atoms with Crippen LogP contribution in [0.3, 0.4) is 0 Å². The van der Waals surface area contributed by atoms with Crippen LogP contribution >= 0.6 is 0 Å². The lowest BCUT2D eigenvalue weighted by Gasteiger charge is -2.12. The van der Waals surface area contributed by atoms with Crippen molar-refractivity contribution in [3.63, 3.8) is 0 Å². The molecule has 0 radical (unpaired) electrons. The van der Waals surface area contributed by atoms with Gasteiger partial charge in [0.25, 0.3) is 0 Å². The van der Waals surface area contributed by atoms with E-state index < -0.39 is 0 Å². The van der Waals surface area contributed by atoms with E-state index in [0.29, 0.717) is 19.7 Å². The molecular formula is C15H23NO3. The zero-order chi connectivity index (χ0) is 14.1. The van der Waals surface area contributed by atoms with Crippen molar-refractivity contribution in [2.75, 3.05) is 26.8 Å². The van der Waals surface area contributed by atoms with Crippen molar-refractivity contribution in [2.45, 2.75) is 20.0 Å². The van der Waals surface area contributed by atoms with Gasteiger partial charge in [0, 0.05) is 13.1 Å². The Morgan fingerprint density at radius 1 is 1.37 bits per heavy atom. The van der Waals surface area contributed by atoms with E-state index in [9.17, 15) is 0 Å². The van der Waals surface area contributed by atoms with E-state index in [4.69, 9.17) is 14.6 Å². The topological polar surface area (TPSA) is 50.7 Å². The number of nitrogens with one attached hydrogen (secondary N) is 1. The van der Waals surface area contributed by atoms with Gasteiger partial charge in [-0.1, -0.05) is 18.2 Å². The second kappa shape index (κ2) is 8.56. The molecule has 0 aliphatic carbocycles. The Morgan fingerprint density at radius 2 is 2.16 bits per heavy atom. The highest BCUT2D eigenvalue weighted by molar-refractivity contribution is 5.55. The van der Waals surface area contributed by atoms with Gasteiger partial charge in [-0.25, -0.2) is 0 Å². The Bertz CT molecular complexity index is 402. The molecule has 106 valence electrons. The number of ether oxygens (including phenoxy) is 2. The molecule has 1 aromatic rings. The van der Waals surface area contributed by atoms with Crippen LogP contribution < -0.4 is 14.8 Å². The van der Waals surface area contributed by atoms with Gasteiger partial charge in [0.2, 0.25) is 0 Å². The van der Waals surface area contributed by atoms with Gasteiger partial charge in [0.05, 0.1) is 13.2 Å². The Kier molecular flexibility index (Phi) is 7.00. The maximum atomic E-state index is 9.10. The second-order valence-corrected chi connectivity index (χ2v) is 4.31. The molecule has 0 heterocycles. The summed E-state index contributed by atoms with van der Waals surface area (Å²) in [5.74, 6) is 1.46. The van der Waals surface area contributed by atoms with Gasteiger partial charge in [0.1, 0.15) is 6.61 Å². The number of hydrogen-bond donors (Lipinski definition) is 2. The molecule has 0 aliphatic heterocycles. The Hall–Kier alpha value is -1.52. The van der Waals surface area contributed by atoms with Crippen LogP contribution in [0.2, 0.25) is 0 Å². The van der Waals surface area contributed by atoms with Gasteiger partial charge in [0.15, 0.2) is 11.5 Å². The van der Waals surface area contributed by atoms with Crippen molar-refractivity contribution in [3.8, 4) is 11.5 Å². The quantitative estimate of drug-likeness (QED) is 0.707. The van der Waals surface area contributed by atoms with Crippen LogP contribution in [0.25, 0.3) is 6.08 Å². The molecule has 1 atom stereocenters. The Morgan fingerprint density at radius 3 is 2.79 bits per heavy atom. The third-order valence-electron chi connectivity index (χ3n) is 2.52. The van der Waals surface area contributed by atoms with Crippen molar-refractivity contribution >= 4 is 6.08 Å². The van der Waals surface area contributed by atoms with E-state index in [-0.39, 0.29) is 6.10 Å². The molecule has 4 heteroatoms. The van der Waals surface area contributed by atoms with Gasteiger partial charge < -0.3 is 19.9 Å². The van der Waals surface area contributed by atoms with E-state index in [1.807, 2.05) is 37.3 Å². The third kappa shape index (κ3) is 5.77. The number of allylic oxidation sites excluding steroid dienone is 1. The molecule has 19 heavy (non-hydrogen) atoms. The lowest BCUT2D eigenvalue weighted by molar-refractivity contribution is 0.187. The molecule has 0 aliphatic rings. The summed E-state index contributed by atoms with van der Waals surface area (Å²) in [6.07, 6.45) is 3.65. The number of methoxy groups -OCH3 is 1. The smallest absolute Gasteiger partial charge is 0.161 e. The normalized spacial score (nSPS) is 12.6. The summed E-state index contributed by atoms with van der Waals surface area (Å²) in [6.45, 7) is 5.51. The first kappa shape index (κ1) is 15.5. The fourth-order valence-corrected chi connectivity index (χ4v) is 1.64. The molecular weight excluding hydrogens is 242 g/mol. The van der Waals surface area contributed by atoms with E-state index in [1.54, 1.807) is 14.0 Å². The number of hydrogen-bond acceptors (Lipinski definition) is 4. The molecule has 2 N–H and O–H groups in total. The molecule has 0 aromatic heterocycles. The average molecular weight is 265 g/mol. The molecule has 0 fully saturated rings. The maximum Gasteiger partial charge on any atom is 0.161 e. The highest BCUT2D eigenvalue weighted by Gasteiger charge is 2.04. The molecule has 0 spiro atoms. The SMILES string of the molecule is C/C=C/c1ccc(OCCNC[C@H](C)O)c(OC)c1. The molecule has 4 nitrogen and oxygen atoms in total. The Balaban J connectivity index is 2.49. The van der Waals surface area contributed by atoms with Crippen LogP contribution in [0.4, 0.5) is 0 Å². The fourth-order valence-electron chi connectivity index (χ4n) is 1.64. The first-order valence-electron chi connectivity index (χ1n) is 6.49. The lowest BCUT2D eigenvalue weighted by atomic mass is 10.2. The van der Waals surface area contributed by atoms with Crippen molar-refractivity contribution < 1.29 is 14.6 Å². The van der Waals surface area contributed by atoms with Gasteiger partial charge in [-0.2, -0.15) is 0 Å². The number of aliphatic hydroxyl groups excluding tert-OH is 1. The summed E-state index contributed by atoms with van der Waals surface area (Å²) >= 11 is 0. The van der Waals surface area contributed by atoms with Crippen molar-refractivity contribution in [3.05, 3.63) is 29.8 Å². The van der Waals surface area contributed by atoms with Crippen LogP contribution in [-0.4, -0.2) is 38.0 Å². The number of aliphatic hydroxyl groups is 1. The lowest BCUT2D eigenvalue weighted by Crippen LogP contribution is -2.28. The second-order valence-electron chi connectivity index (χ2n) is 4.31. The summed E-state index contributed by atoms with van der Waals surface area (Å²) in [6, 6.07) is 5.84. The van der Waals surface area contributed by atoms with Crippen molar-refractivity contribution in [2.24, 2.45) is 0 Å². The number of rotatable bonds is 8. The summed E-state index contributed by atoms with van der Waals surface area (Å²) in [5, 5.41) is 12.2. The van der Waals surface area contributed by atoms with E-state index >= 15 is 0 Å². The predicted octanol–water partition coefficient (Wildman–Crippen LogP) is 2.08. The predicted molar refractivity (Wildman–Crippen MR) is 77.7 cm³/mol. The van der Waals surface area contributed by atoms with Crippen LogP contribution in [0.1, 0.15) is 19.4 Å². The maximum absolute atomic E-state index is 9.10. The van der Waals surface area contributed by atoms with Gasteiger partial charge >= 0.3 is 0 Å². The first-order chi connectivity index (χ1) is 9.17. The molecule has 0 amide bonds. The third-order valence-corrected chi connectivity index (χ3v) is 2.52. The summed E-state index contributed by atoms with van der Waals surface area (Å²) in [4.78, 5) is 0. The molecule has 1 rings (SSSR count). The van der Waals surface area contributed by atoms with Crippen LogP contribution in [-0.2, 0) is 0 Å². The van der Waals surface area contributed by atoms with Crippen LogP contribution in [0, 0.1) is 0 Å². The zero-order valence-corrected chi connectivity index (χ0v) is 11.8. The summed E-state index contributed by atoms with van der Waals surface area (Å²) in [7, 11) is 1.63. The highest BCUT2D eigenvalue weighted by atomic mass is 16.5. The highest BCUT2D eigenvalue weighted by Crippen LogP contribution is 2.28. The van der Waals surface area contributed by atoms with E-state index in [0.717, 1.165) is 17.1 Å². The largest absolute Gasteiger partial charge is 0.493 e. The molecule has 0 bridgehead atoms. The Labute approximate surface area is 115 Å². The minimum atomic E-state index is -0.338. The van der Waals surface area contributed by atoms with Gasteiger partial charge in [-0.3, -0.25) is 0 Å².